The Hall–Kier alpha value is -3.13. The summed E-state index contributed by atoms with van der Waals surface area (Å²) in [4.78, 5) is 28.6. The zero-order valence-corrected chi connectivity index (χ0v) is 14.7. The fraction of sp³-hybridized carbons (Fsp3) is 0.167. The lowest BCUT2D eigenvalue weighted by Crippen LogP contribution is -2.56. The number of ether oxygens (including phenoxy) is 1. The first kappa shape index (κ1) is 17.7. The highest BCUT2D eigenvalue weighted by Gasteiger charge is 2.36. The number of carbonyl (C=O) groups excluding carboxylic acids is 1. The lowest BCUT2D eigenvalue weighted by atomic mass is 10.0. The Labute approximate surface area is 153 Å². The highest BCUT2D eigenvalue weighted by molar-refractivity contribution is 7.16. The number of nitrogens with one attached hydrogen (secondary N) is 1. The number of carboxylic acid groups (broad SMARTS) is 1. The predicted molar refractivity (Wildman–Crippen MR) is 95.3 cm³/mol. The normalized spacial score (nSPS) is 13.0. The zero-order chi connectivity index (χ0) is 18.6. The van der Waals surface area contributed by atoms with E-state index in [-0.39, 0.29) is 6.61 Å². The van der Waals surface area contributed by atoms with Crippen molar-refractivity contribution in [1.82, 2.24) is 10.3 Å². The van der Waals surface area contributed by atoms with Crippen LogP contribution >= 0.6 is 11.3 Å². The van der Waals surface area contributed by atoms with Gasteiger partial charge in [0.25, 0.3) is 5.91 Å². The first-order valence-corrected chi connectivity index (χ1v) is 8.52. The first-order chi connectivity index (χ1) is 12.5. The maximum Gasteiger partial charge on any atom is 0.332 e. The summed E-state index contributed by atoms with van der Waals surface area (Å²) in [6, 6.07) is 10.5. The number of para-hydroxylation sites is 1. The van der Waals surface area contributed by atoms with Gasteiger partial charge < -0.3 is 19.6 Å². The van der Waals surface area contributed by atoms with Gasteiger partial charge in [-0.25, -0.2) is 9.78 Å². The van der Waals surface area contributed by atoms with Crippen LogP contribution in [0.4, 0.5) is 0 Å². The molecule has 8 heteroatoms. The van der Waals surface area contributed by atoms with Crippen molar-refractivity contribution in [3.05, 3.63) is 60.0 Å². The van der Waals surface area contributed by atoms with E-state index in [0.29, 0.717) is 15.6 Å². The van der Waals surface area contributed by atoms with E-state index in [2.05, 4.69) is 10.3 Å². The fourth-order valence-corrected chi connectivity index (χ4v) is 2.90. The van der Waals surface area contributed by atoms with Crippen molar-refractivity contribution >= 4 is 23.2 Å². The van der Waals surface area contributed by atoms with Gasteiger partial charge in [-0.2, -0.15) is 0 Å². The van der Waals surface area contributed by atoms with Gasteiger partial charge in [0.2, 0.25) is 0 Å². The van der Waals surface area contributed by atoms with Crippen LogP contribution in [0.3, 0.4) is 0 Å². The SMILES string of the molecule is C[C@@](COc1ccccc1)(NC(=O)c1cnc(-c2ccoc2)s1)C(=O)O. The van der Waals surface area contributed by atoms with Crippen molar-refractivity contribution in [3.63, 3.8) is 0 Å². The molecule has 2 heterocycles. The number of benzene rings is 1. The van der Waals surface area contributed by atoms with E-state index in [0.717, 1.165) is 16.9 Å². The second kappa shape index (κ2) is 7.40. The molecule has 0 radical (unpaired) electrons. The van der Waals surface area contributed by atoms with Crippen molar-refractivity contribution in [3.8, 4) is 16.3 Å². The molecule has 3 aromatic rings. The summed E-state index contributed by atoms with van der Waals surface area (Å²) < 4.78 is 10.5. The Morgan fingerprint density at radius 3 is 2.73 bits per heavy atom. The molecule has 0 aliphatic heterocycles. The number of rotatable bonds is 7. The van der Waals surface area contributed by atoms with Gasteiger partial charge >= 0.3 is 5.97 Å². The molecule has 26 heavy (non-hydrogen) atoms. The monoisotopic (exact) mass is 372 g/mol. The predicted octanol–water partition coefficient (Wildman–Crippen LogP) is 3.06. The van der Waals surface area contributed by atoms with Crippen LogP contribution in [0.15, 0.2) is 59.5 Å². The summed E-state index contributed by atoms with van der Waals surface area (Å²) in [5.41, 5.74) is -0.838. The molecular formula is C18H16N2O5S. The number of hydrogen-bond donors (Lipinski definition) is 2. The minimum absolute atomic E-state index is 0.217. The molecule has 0 fully saturated rings. The number of thiazole rings is 1. The van der Waals surface area contributed by atoms with E-state index in [1.54, 1.807) is 30.3 Å². The number of nitrogens with zero attached hydrogens (tertiary/aromatic N) is 1. The largest absolute Gasteiger partial charge is 0.491 e. The smallest absolute Gasteiger partial charge is 0.332 e. The molecule has 1 amide bonds. The molecule has 134 valence electrons. The van der Waals surface area contributed by atoms with Gasteiger partial charge in [-0.1, -0.05) is 18.2 Å². The zero-order valence-electron chi connectivity index (χ0n) is 13.8. The van der Waals surface area contributed by atoms with Gasteiger partial charge in [0.15, 0.2) is 5.54 Å². The third kappa shape index (κ3) is 3.92. The van der Waals surface area contributed by atoms with Gasteiger partial charge in [0.05, 0.1) is 12.5 Å². The summed E-state index contributed by atoms with van der Waals surface area (Å²) in [6.07, 6.45) is 4.44. The Kier molecular flexibility index (Phi) is 5.04. The number of aliphatic carboxylic acids is 1. The van der Waals surface area contributed by atoms with Gasteiger partial charge in [-0.15, -0.1) is 11.3 Å². The van der Waals surface area contributed by atoms with Crippen molar-refractivity contribution in [2.75, 3.05) is 6.61 Å². The molecule has 2 aromatic heterocycles. The standard InChI is InChI=1S/C18H16N2O5S/c1-18(17(22)23,11-25-13-5-3-2-4-6-13)20-15(21)14-9-19-16(26-14)12-7-8-24-10-12/h2-10H,11H2,1H3,(H,20,21)(H,22,23)/t18-/m0/s1. The van der Waals surface area contributed by atoms with Crippen LogP contribution in [-0.4, -0.2) is 34.1 Å². The summed E-state index contributed by atoms with van der Waals surface area (Å²) in [5.74, 6) is -1.20. The number of furan rings is 1. The second-order valence-electron chi connectivity index (χ2n) is 5.73. The molecule has 1 atom stereocenters. The van der Waals surface area contributed by atoms with Crippen LogP contribution in [0.2, 0.25) is 0 Å². The van der Waals surface area contributed by atoms with Crippen molar-refractivity contribution in [2.24, 2.45) is 0 Å². The van der Waals surface area contributed by atoms with E-state index in [4.69, 9.17) is 9.15 Å². The molecular weight excluding hydrogens is 356 g/mol. The Bertz CT molecular complexity index is 891. The van der Waals surface area contributed by atoms with Crippen molar-refractivity contribution < 1.29 is 23.8 Å². The van der Waals surface area contributed by atoms with Crippen LogP contribution in [-0.2, 0) is 4.79 Å². The number of amides is 1. The molecule has 3 rings (SSSR count). The third-order valence-electron chi connectivity index (χ3n) is 3.63. The van der Waals surface area contributed by atoms with Crippen molar-refractivity contribution in [1.29, 1.82) is 0 Å². The summed E-state index contributed by atoms with van der Waals surface area (Å²) >= 11 is 1.15. The molecule has 0 unspecified atom stereocenters. The molecule has 7 nitrogen and oxygen atoms in total. The average Bonchev–Trinajstić information content (AvgIpc) is 3.32. The number of hydrogen-bond acceptors (Lipinski definition) is 6. The molecule has 0 saturated heterocycles. The molecule has 1 aromatic carbocycles. The van der Waals surface area contributed by atoms with Gasteiger partial charge in [-0.3, -0.25) is 4.79 Å². The minimum atomic E-state index is -1.59. The van der Waals surface area contributed by atoms with Crippen LogP contribution in [0, 0.1) is 0 Å². The average molecular weight is 372 g/mol. The molecule has 0 aliphatic carbocycles. The lowest BCUT2D eigenvalue weighted by molar-refractivity contribution is -0.145. The molecule has 0 saturated carbocycles. The maximum atomic E-state index is 12.5. The van der Waals surface area contributed by atoms with Gasteiger partial charge in [0, 0.05) is 5.56 Å². The van der Waals surface area contributed by atoms with Crippen LogP contribution in [0.5, 0.6) is 5.75 Å². The number of aromatic nitrogens is 1. The lowest BCUT2D eigenvalue weighted by Gasteiger charge is -2.25. The van der Waals surface area contributed by atoms with E-state index in [9.17, 15) is 14.7 Å². The Morgan fingerprint density at radius 2 is 2.08 bits per heavy atom. The Morgan fingerprint density at radius 1 is 1.31 bits per heavy atom. The van der Waals surface area contributed by atoms with Crippen LogP contribution < -0.4 is 10.1 Å². The number of carboxylic acids is 1. The van der Waals surface area contributed by atoms with Gasteiger partial charge in [0.1, 0.15) is 28.5 Å². The van der Waals surface area contributed by atoms with Crippen LogP contribution in [0.1, 0.15) is 16.6 Å². The highest BCUT2D eigenvalue weighted by Crippen LogP contribution is 2.25. The summed E-state index contributed by atoms with van der Waals surface area (Å²) in [7, 11) is 0. The van der Waals surface area contributed by atoms with E-state index < -0.39 is 17.4 Å². The highest BCUT2D eigenvalue weighted by atomic mass is 32.1. The minimum Gasteiger partial charge on any atom is -0.491 e. The third-order valence-corrected chi connectivity index (χ3v) is 4.67. The quantitative estimate of drug-likeness (QED) is 0.661. The first-order valence-electron chi connectivity index (χ1n) is 7.70. The van der Waals surface area contributed by atoms with Gasteiger partial charge in [-0.05, 0) is 25.1 Å². The molecule has 0 aliphatic rings. The number of carbonyl (C=O) groups is 2. The molecule has 0 spiro atoms. The summed E-state index contributed by atoms with van der Waals surface area (Å²) in [6.45, 7) is 1.18. The maximum absolute atomic E-state index is 12.5. The molecule has 2 N–H and O–H groups in total. The van der Waals surface area contributed by atoms with E-state index in [1.165, 1.54) is 25.6 Å². The van der Waals surface area contributed by atoms with Crippen LogP contribution in [0.25, 0.3) is 10.6 Å². The second-order valence-corrected chi connectivity index (χ2v) is 6.77. The van der Waals surface area contributed by atoms with E-state index >= 15 is 0 Å². The molecule has 0 bridgehead atoms. The Balaban J connectivity index is 1.71. The summed E-state index contributed by atoms with van der Waals surface area (Å²) in [5, 5.41) is 12.7. The topological polar surface area (TPSA) is 102 Å². The fourth-order valence-electron chi connectivity index (χ4n) is 2.11. The van der Waals surface area contributed by atoms with Crippen molar-refractivity contribution in [2.45, 2.75) is 12.5 Å². The van der Waals surface area contributed by atoms with E-state index in [1.807, 2.05) is 6.07 Å².